The van der Waals surface area contributed by atoms with Crippen LogP contribution in [0.25, 0.3) is 0 Å². The van der Waals surface area contributed by atoms with Crippen LogP contribution < -0.4 is 5.32 Å². The SMILES string of the molecule is Cc1nc(Nc2ccccc2Cl)ccc1C(=O)O. The Kier molecular flexibility index (Phi) is 3.48. The van der Waals surface area contributed by atoms with Crippen molar-refractivity contribution in [1.29, 1.82) is 0 Å². The Morgan fingerprint density at radius 2 is 2.00 bits per heavy atom. The number of nitrogens with one attached hydrogen (secondary N) is 1. The van der Waals surface area contributed by atoms with Crippen LogP contribution in [0.3, 0.4) is 0 Å². The zero-order valence-corrected chi connectivity index (χ0v) is 10.4. The number of rotatable bonds is 3. The van der Waals surface area contributed by atoms with Crippen molar-refractivity contribution >= 4 is 29.1 Å². The summed E-state index contributed by atoms with van der Waals surface area (Å²) in [5.74, 6) is -0.421. The molecule has 0 spiro atoms. The van der Waals surface area contributed by atoms with Crippen molar-refractivity contribution in [2.45, 2.75) is 6.92 Å². The second-order valence-corrected chi connectivity index (χ2v) is 4.15. The Labute approximate surface area is 109 Å². The molecule has 1 heterocycles. The molecular weight excluding hydrogens is 252 g/mol. The lowest BCUT2D eigenvalue weighted by Crippen LogP contribution is -2.03. The van der Waals surface area contributed by atoms with Crippen LogP contribution in [-0.2, 0) is 0 Å². The Bertz CT molecular complexity index is 599. The Morgan fingerprint density at radius 1 is 1.28 bits per heavy atom. The number of carbonyl (C=O) groups is 1. The fourth-order valence-electron chi connectivity index (χ4n) is 1.56. The maximum atomic E-state index is 10.9. The molecule has 1 aromatic heterocycles. The van der Waals surface area contributed by atoms with Gasteiger partial charge in [0.05, 0.1) is 22.0 Å². The molecule has 0 aliphatic rings. The van der Waals surface area contributed by atoms with E-state index in [2.05, 4.69) is 10.3 Å². The van der Waals surface area contributed by atoms with Crippen molar-refractivity contribution in [2.24, 2.45) is 0 Å². The minimum atomic E-state index is -0.982. The number of carboxylic acids is 1. The van der Waals surface area contributed by atoms with Gasteiger partial charge in [-0.1, -0.05) is 23.7 Å². The first kappa shape index (κ1) is 12.4. The molecule has 2 N–H and O–H groups in total. The zero-order valence-electron chi connectivity index (χ0n) is 9.64. The van der Waals surface area contributed by atoms with Crippen molar-refractivity contribution in [2.75, 3.05) is 5.32 Å². The summed E-state index contributed by atoms with van der Waals surface area (Å²) in [7, 11) is 0. The lowest BCUT2D eigenvalue weighted by Gasteiger charge is -2.09. The van der Waals surface area contributed by atoms with Gasteiger partial charge in [0.15, 0.2) is 0 Å². The minimum Gasteiger partial charge on any atom is -0.478 e. The highest BCUT2D eigenvalue weighted by molar-refractivity contribution is 6.33. The molecule has 0 atom stereocenters. The van der Waals surface area contributed by atoms with Crippen LogP contribution in [0.1, 0.15) is 16.1 Å². The van der Waals surface area contributed by atoms with Crippen molar-refractivity contribution in [3.8, 4) is 0 Å². The quantitative estimate of drug-likeness (QED) is 0.889. The molecule has 5 heteroatoms. The van der Waals surface area contributed by atoms with Gasteiger partial charge in [0, 0.05) is 0 Å². The normalized spacial score (nSPS) is 10.1. The lowest BCUT2D eigenvalue weighted by atomic mass is 10.2. The van der Waals surface area contributed by atoms with E-state index >= 15 is 0 Å². The molecule has 0 radical (unpaired) electrons. The summed E-state index contributed by atoms with van der Waals surface area (Å²) < 4.78 is 0. The fourth-order valence-corrected chi connectivity index (χ4v) is 1.74. The van der Waals surface area contributed by atoms with E-state index in [9.17, 15) is 4.79 Å². The van der Waals surface area contributed by atoms with Crippen molar-refractivity contribution in [1.82, 2.24) is 4.98 Å². The third kappa shape index (κ3) is 2.60. The first-order valence-electron chi connectivity index (χ1n) is 5.30. The zero-order chi connectivity index (χ0) is 13.1. The van der Waals surface area contributed by atoms with Crippen LogP contribution in [0.15, 0.2) is 36.4 Å². The van der Waals surface area contributed by atoms with Gasteiger partial charge in [0.2, 0.25) is 0 Å². The molecule has 4 nitrogen and oxygen atoms in total. The van der Waals surface area contributed by atoms with Gasteiger partial charge in [-0.15, -0.1) is 0 Å². The van der Waals surface area contributed by atoms with Crippen LogP contribution in [0.5, 0.6) is 0 Å². The number of benzene rings is 1. The van der Waals surface area contributed by atoms with Gasteiger partial charge in [-0.05, 0) is 31.2 Å². The highest BCUT2D eigenvalue weighted by atomic mass is 35.5. The van der Waals surface area contributed by atoms with Gasteiger partial charge in [-0.25, -0.2) is 9.78 Å². The number of aryl methyl sites for hydroxylation is 1. The Balaban J connectivity index is 2.29. The van der Waals surface area contributed by atoms with Gasteiger partial charge in [0.25, 0.3) is 0 Å². The molecule has 0 amide bonds. The van der Waals surface area contributed by atoms with Crippen LogP contribution in [0.4, 0.5) is 11.5 Å². The molecule has 1 aromatic carbocycles. The summed E-state index contributed by atoms with van der Waals surface area (Å²) in [5, 5.41) is 12.5. The van der Waals surface area contributed by atoms with E-state index in [-0.39, 0.29) is 5.56 Å². The van der Waals surface area contributed by atoms with Gasteiger partial charge in [0.1, 0.15) is 5.82 Å². The van der Waals surface area contributed by atoms with E-state index in [0.29, 0.717) is 16.5 Å². The van der Waals surface area contributed by atoms with E-state index in [1.54, 1.807) is 19.1 Å². The standard InChI is InChI=1S/C13H11ClN2O2/c1-8-9(13(17)18)6-7-12(15-8)16-11-5-3-2-4-10(11)14/h2-7H,1H3,(H,15,16)(H,17,18). The fraction of sp³-hybridized carbons (Fsp3) is 0.0769. The third-order valence-electron chi connectivity index (χ3n) is 2.45. The molecule has 0 aliphatic carbocycles. The molecule has 92 valence electrons. The topological polar surface area (TPSA) is 62.2 Å². The predicted octanol–water partition coefficient (Wildman–Crippen LogP) is 3.49. The highest BCUT2D eigenvalue weighted by Gasteiger charge is 2.09. The van der Waals surface area contributed by atoms with Crippen LogP contribution >= 0.6 is 11.6 Å². The van der Waals surface area contributed by atoms with Crippen LogP contribution in [0.2, 0.25) is 5.02 Å². The minimum absolute atomic E-state index is 0.194. The average molecular weight is 263 g/mol. The molecule has 2 aromatic rings. The number of pyridine rings is 1. The van der Waals surface area contributed by atoms with Gasteiger partial charge in [-0.2, -0.15) is 0 Å². The molecule has 0 aliphatic heterocycles. The molecule has 0 bridgehead atoms. The van der Waals surface area contributed by atoms with Crippen LogP contribution in [0, 0.1) is 6.92 Å². The highest BCUT2D eigenvalue weighted by Crippen LogP contribution is 2.24. The molecular formula is C13H11ClN2O2. The summed E-state index contributed by atoms with van der Waals surface area (Å²) in [4.78, 5) is 15.0. The van der Waals surface area contributed by atoms with E-state index in [0.717, 1.165) is 5.69 Å². The number of para-hydroxylation sites is 1. The summed E-state index contributed by atoms with van der Waals surface area (Å²) in [6.45, 7) is 1.65. The second-order valence-electron chi connectivity index (χ2n) is 3.74. The van der Waals surface area contributed by atoms with Crippen molar-refractivity contribution < 1.29 is 9.90 Å². The number of carboxylic acid groups (broad SMARTS) is 1. The summed E-state index contributed by atoms with van der Waals surface area (Å²) in [6.07, 6.45) is 0. The number of aromatic nitrogens is 1. The Hall–Kier alpha value is -2.07. The summed E-state index contributed by atoms with van der Waals surface area (Å²) in [6, 6.07) is 10.4. The number of aromatic carboxylic acids is 1. The lowest BCUT2D eigenvalue weighted by molar-refractivity contribution is 0.0695. The van der Waals surface area contributed by atoms with E-state index < -0.39 is 5.97 Å². The second kappa shape index (κ2) is 5.06. The maximum Gasteiger partial charge on any atom is 0.337 e. The molecule has 18 heavy (non-hydrogen) atoms. The number of halogens is 1. The molecule has 2 rings (SSSR count). The third-order valence-corrected chi connectivity index (χ3v) is 2.78. The molecule has 0 saturated carbocycles. The first-order chi connectivity index (χ1) is 8.58. The smallest absolute Gasteiger partial charge is 0.337 e. The van der Waals surface area contributed by atoms with E-state index in [4.69, 9.17) is 16.7 Å². The molecule has 0 saturated heterocycles. The largest absolute Gasteiger partial charge is 0.478 e. The van der Waals surface area contributed by atoms with E-state index in [1.807, 2.05) is 18.2 Å². The average Bonchev–Trinajstić information content (AvgIpc) is 2.32. The van der Waals surface area contributed by atoms with Gasteiger partial charge < -0.3 is 10.4 Å². The monoisotopic (exact) mass is 262 g/mol. The molecule has 0 fully saturated rings. The van der Waals surface area contributed by atoms with E-state index in [1.165, 1.54) is 6.07 Å². The van der Waals surface area contributed by atoms with Crippen molar-refractivity contribution in [3.05, 3.63) is 52.7 Å². The Morgan fingerprint density at radius 3 is 2.61 bits per heavy atom. The predicted molar refractivity (Wildman–Crippen MR) is 70.7 cm³/mol. The van der Waals surface area contributed by atoms with Gasteiger partial charge in [-0.3, -0.25) is 0 Å². The van der Waals surface area contributed by atoms with Gasteiger partial charge >= 0.3 is 5.97 Å². The van der Waals surface area contributed by atoms with Crippen LogP contribution in [-0.4, -0.2) is 16.1 Å². The maximum absolute atomic E-state index is 10.9. The first-order valence-corrected chi connectivity index (χ1v) is 5.68. The summed E-state index contributed by atoms with van der Waals surface area (Å²) in [5.41, 5.74) is 1.38. The number of hydrogen-bond acceptors (Lipinski definition) is 3. The van der Waals surface area contributed by atoms with Crippen molar-refractivity contribution in [3.63, 3.8) is 0 Å². The number of hydrogen-bond donors (Lipinski definition) is 2. The molecule has 0 unspecified atom stereocenters. The summed E-state index contributed by atoms with van der Waals surface area (Å²) >= 11 is 6.01. The number of nitrogens with zero attached hydrogens (tertiary/aromatic N) is 1. The number of anilines is 2.